The highest BCUT2D eigenvalue weighted by molar-refractivity contribution is 6.39. The molecular formula is C11H11Cl2N3O4. The Bertz CT molecular complexity index is 554. The van der Waals surface area contributed by atoms with Gasteiger partial charge in [-0.25, -0.2) is 4.79 Å². The van der Waals surface area contributed by atoms with E-state index in [1.807, 2.05) is 0 Å². The average Bonchev–Trinajstić information content (AvgIpc) is 2.33. The number of hydrogen-bond acceptors (Lipinski definition) is 4. The Morgan fingerprint density at radius 2 is 1.75 bits per heavy atom. The summed E-state index contributed by atoms with van der Waals surface area (Å²) >= 11 is 11.5. The molecule has 0 fully saturated rings. The van der Waals surface area contributed by atoms with Crippen molar-refractivity contribution in [3.8, 4) is 0 Å². The predicted octanol–water partition coefficient (Wildman–Crippen LogP) is 0.634. The van der Waals surface area contributed by atoms with Crippen LogP contribution in [0.4, 0.5) is 5.69 Å². The van der Waals surface area contributed by atoms with E-state index in [0.717, 1.165) is 0 Å². The summed E-state index contributed by atoms with van der Waals surface area (Å²) in [4.78, 5) is 33.5. The number of rotatable bonds is 5. The lowest BCUT2D eigenvalue weighted by Gasteiger charge is -2.13. The molecule has 2 amide bonds. The minimum atomic E-state index is -1.44. The minimum Gasteiger partial charge on any atom is -0.480 e. The van der Waals surface area contributed by atoms with E-state index >= 15 is 0 Å². The molecule has 0 heterocycles. The Labute approximate surface area is 123 Å². The predicted molar refractivity (Wildman–Crippen MR) is 73.6 cm³/mol. The van der Waals surface area contributed by atoms with E-state index in [-0.39, 0.29) is 21.3 Å². The molecule has 0 bridgehead atoms. The first-order valence-corrected chi connectivity index (χ1v) is 6.04. The van der Waals surface area contributed by atoms with E-state index in [1.165, 1.54) is 12.1 Å². The van der Waals surface area contributed by atoms with Gasteiger partial charge in [-0.2, -0.15) is 0 Å². The van der Waals surface area contributed by atoms with Gasteiger partial charge >= 0.3 is 5.97 Å². The summed E-state index contributed by atoms with van der Waals surface area (Å²) in [5, 5.41) is 11.1. The van der Waals surface area contributed by atoms with E-state index in [1.54, 1.807) is 0 Å². The van der Waals surface area contributed by atoms with Crippen molar-refractivity contribution in [2.45, 2.75) is 12.5 Å². The quantitative estimate of drug-likeness (QED) is 0.590. The molecule has 1 atom stereocenters. The molecule has 0 aliphatic heterocycles. The zero-order valence-corrected chi connectivity index (χ0v) is 11.5. The van der Waals surface area contributed by atoms with E-state index in [0.29, 0.717) is 0 Å². The first-order valence-electron chi connectivity index (χ1n) is 5.29. The lowest BCUT2D eigenvalue weighted by atomic mass is 10.1. The van der Waals surface area contributed by atoms with Crippen LogP contribution in [0.3, 0.4) is 0 Å². The van der Waals surface area contributed by atoms with E-state index < -0.39 is 30.2 Å². The molecular weight excluding hydrogens is 309 g/mol. The maximum atomic E-state index is 11.9. The highest BCUT2D eigenvalue weighted by Crippen LogP contribution is 2.28. The lowest BCUT2D eigenvalue weighted by molar-refractivity contribution is -0.140. The number of carbonyl (C=O) groups is 3. The standard InChI is InChI=1S/C11H11Cl2N3O4/c12-5-1-4(2-6(13)9(5)15)10(18)16-7(11(19)20)3-8(14)17/h1-2,7H,3,15H2,(H2,14,17)(H,16,18)(H,19,20). The summed E-state index contributed by atoms with van der Waals surface area (Å²) in [5.74, 6) is -3.00. The van der Waals surface area contributed by atoms with Crippen molar-refractivity contribution in [2.75, 3.05) is 5.73 Å². The number of anilines is 1. The number of nitrogen functional groups attached to an aromatic ring is 1. The van der Waals surface area contributed by atoms with Crippen molar-refractivity contribution in [3.63, 3.8) is 0 Å². The third kappa shape index (κ3) is 4.01. The van der Waals surface area contributed by atoms with Crippen LogP contribution < -0.4 is 16.8 Å². The van der Waals surface area contributed by atoms with Crippen LogP contribution in [0.15, 0.2) is 12.1 Å². The normalized spacial score (nSPS) is 11.7. The van der Waals surface area contributed by atoms with Gasteiger partial charge in [-0.1, -0.05) is 23.2 Å². The highest BCUT2D eigenvalue weighted by Gasteiger charge is 2.23. The van der Waals surface area contributed by atoms with Crippen LogP contribution in [0.2, 0.25) is 10.0 Å². The third-order valence-electron chi connectivity index (χ3n) is 2.35. The molecule has 0 aromatic heterocycles. The number of carboxylic acids is 1. The number of hydrogen-bond donors (Lipinski definition) is 4. The molecule has 0 aliphatic carbocycles. The molecule has 20 heavy (non-hydrogen) atoms. The highest BCUT2D eigenvalue weighted by atomic mass is 35.5. The fourth-order valence-electron chi connectivity index (χ4n) is 1.36. The average molecular weight is 320 g/mol. The summed E-state index contributed by atoms with van der Waals surface area (Å²) in [5.41, 5.74) is 10.5. The number of aliphatic carboxylic acids is 1. The minimum absolute atomic E-state index is 0.0184. The van der Waals surface area contributed by atoms with Crippen LogP contribution in [0.1, 0.15) is 16.8 Å². The van der Waals surface area contributed by atoms with Crippen molar-refractivity contribution < 1.29 is 19.5 Å². The zero-order chi connectivity index (χ0) is 15.4. The van der Waals surface area contributed by atoms with Crippen molar-refractivity contribution >= 4 is 46.7 Å². The van der Waals surface area contributed by atoms with Gasteiger partial charge in [0.1, 0.15) is 6.04 Å². The fraction of sp³-hybridized carbons (Fsp3) is 0.182. The number of nitrogens with two attached hydrogens (primary N) is 2. The molecule has 1 rings (SSSR count). The van der Waals surface area contributed by atoms with Gasteiger partial charge in [-0.05, 0) is 12.1 Å². The molecule has 0 saturated carbocycles. The Kier molecular flexibility index (Phi) is 5.18. The first kappa shape index (κ1) is 16.1. The maximum Gasteiger partial charge on any atom is 0.326 e. The van der Waals surface area contributed by atoms with Crippen molar-refractivity contribution in [3.05, 3.63) is 27.7 Å². The van der Waals surface area contributed by atoms with Gasteiger partial charge in [0, 0.05) is 5.56 Å². The summed E-state index contributed by atoms with van der Waals surface area (Å²) in [6.45, 7) is 0. The lowest BCUT2D eigenvalue weighted by Crippen LogP contribution is -2.43. The van der Waals surface area contributed by atoms with Gasteiger partial charge in [-0.3, -0.25) is 9.59 Å². The smallest absolute Gasteiger partial charge is 0.326 e. The Morgan fingerprint density at radius 3 is 2.15 bits per heavy atom. The van der Waals surface area contributed by atoms with Crippen molar-refractivity contribution in [1.29, 1.82) is 0 Å². The number of benzene rings is 1. The largest absolute Gasteiger partial charge is 0.480 e. The van der Waals surface area contributed by atoms with Crippen LogP contribution in [-0.4, -0.2) is 28.9 Å². The Balaban J connectivity index is 2.95. The number of carbonyl (C=O) groups excluding carboxylic acids is 2. The van der Waals surface area contributed by atoms with E-state index in [2.05, 4.69) is 5.32 Å². The number of carboxylic acid groups (broad SMARTS) is 1. The van der Waals surface area contributed by atoms with Crippen LogP contribution in [0, 0.1) is 0 Å². The molecule has 0 spiro atoms. The molecule has 0 aliphatic rings. The summed E-state index contributed by atoms with van der Waals surface area (Å²) in [7, 11) is 0. The van der Waals surface area contributed by atoms with Crippen LogP contribution in [-0.2, 0) is 9.59 Å². The molecule has 1 aromatic carbocycles. The monoisotopic (exact) mass is 319 g/mol. The second-order valence-electron chi connectivity index (χ2n) is 3.89. The Morgan fingerprint density at radius 1 is 1.25 bits per heavy atom. The molecule has 6 N–H and O–H groups in total. The fourth-order valence-corrected chi connectivity index (χ4v) is 1.85. The number of halogens is 2. The van der Waals surface area contributed by atoms with Gasteiger partial charge in [-0.15, -0.1) is 0 Å². The molecule has 0 saturated heterocycles. The molecule has 1 aromatic rings. The summed E-state index contributed by atoms with van der Waals surface area (Å²) in [6.07, 6.45) is -0.530. The SMILES string of the molecule is NC(=O)CC(NC(=O)c1cc(Cl)c(N)c(Cl)c1)C(=O)O. The van der Waals surface area contributed by atoms with E-state index in [4.69, 9.17) is 39.8 Å². The van der Waals surface area contributed by atoms with Crippen molar-refractivity contribution in [2.24, 2.45) is 5.73 Å². The van der Waals surface area contributed by atoms with E-state index in [9.17, 15) is 14.4 Å². The van der Waals surface area contributed by atoms with Gasteiger partial charge in [0.15, 0.2) is 0 Å². The molecule has 9 heteroatoms. The maximum absolute atomic E-state index is 11.9. The second-order valence-corrected chi connectivity index (χ2v) is 4.70. The van der Waals surface area contributed by atoms with Crippen LogP contribution >= 0.6 is 23.2 Å². The molecule has 108 valence electrons. The Hall–Kier alpha value is -1.99. The number of primary amides is 1. The zero-order valence-electron chi connectivity index (χ0n) is 10.0. The van der Waals surface area contributed by atoms with Crippen LogP contribution in [0.25, 0.3) is 0 Å². The first-order chi connectivity index (χ1) is 9.22. The van der Waals surface area contributed by atoms with Crippen LogP contribution in [0.5, 0.6) is 0 Å². The number of amides is 2. The topological polar surface area (TPSA) is 136 Å². The molecule has 7 nitrogen and oxygen atoms in total. The second kappa shape index (κ2) is 6.44. The molecule has 0 radical (unpaired) electrons. The summed E-state index contributed by atoms with van der Waals surface area (Å²) in [6, 6.07) is 1.04. The number of nitrogens with one attached hydrogen (secondary N) is 1. The summed E-state index contributed by atoms with van der Waals surface area (Å²) < 4.78 is 0. The van der Waals surface area contributed by atoms with Gasteiger partial charge in [0.2, 0.25) is 5.91 Å². The third-order valence-corrected chi connectivity index (χ3v) is 2.98. The van der Waals surface area contributed by atoms with Crippen molar-refractivity contribution in [1.82, 2.24) is 5.32 Å². The van der Waals surface area contributed by atoms with Gasteiger partial charge < -0.3 is 21.9 Å². The van der Waals surface area contributed by atoms with Gasteiger partial charge in [0.25, 0.3) is 5.91 Å². The van der Waals surface area contributed by atoms with Gasteiger partial charge in [0.05, 0.1) is 22.2 Å². The molecule has 1 unspecified atom stereocenters.